The number of halogens is 1. The minimum atomic E-state index is -0.190. The third-order valence-electron chi connectivity index (χ3n) is 2.55. The Morgan fingerprint density at radius 1 is 1.71 bits per heavy atom. The highest BCUT2D eigenvalue weighted by atomic mass is 35.5. The molecule has 2 rings (SSSR count). The number of aromatic nitrogens is 1. The van der Waals surface area contributed by atoms with Gasteiger partial charge >= 0.3 is 5.97 Å². The van der Waals surface area contributed by atoms with E-state index in [9.17, 15) is 4.79 Å². The van der Waals surface area contributed by atoms with E-state index in [1.165, 1.54) is 18.4 Å². The van der Waals surface area contributed by atoms with Crippen LogP contribution >= 0.6 is 23.7 Å². The molecule has 1 heterocycles. The van der Waals surface area contributed by atoms with Crippen molar-refractivity contribution in [1.29, 1.82) is 0 Å². The van der Waals surface area contributed by atoms with Gasteiger partial charge in [0, 0.05) is 23.7 Å². The molecular formula is C10H16ClN3O2S. The quantitative estimate of drug-likeness (QED) is 0.821. The summed E-state index contributed by atoms with van der Waals surface area (Å²) in [5.74, 6) is -0.190. The molecule has 1 aliphatic rings. The number of nitrogens with two attached hydrogens (primary N) is 1. The minimum Gasteiger partial charge on any atom is -0.468 e. The van der Waals surface area contributed by atoms with E-state index in [2.05, 4.69) is 14.6 Å². The number of carbonyl (C=O) groups excluding carboxylic acids is 1. The lowest BCUT2D eigenvalue weighted by molar-refractivity contribution is -0.142. The third-order valence-corrected chi connectivity index (χ3v) is 3.36. The Labute approximate surface area is 110 Å². The Morgan fingerprint density at radius 2 is 2.41 bits per heavy atom. The number of thiazole rings is 1. The molecule has 0 spiro atoms. The molecule has 1 aliphatic carbocycles. The molecular weight excluding hydrogens is 262 g/mol. The predicted molar refractivity (Wildman–Crippen MR) is 69.2 cm³/mol. The van der Waals surface area contributed by atoms with Gasteiger partial charge < -0.3 is 10.5 Å². The van der Waals surface area contributed by atoms with Crippen LogP contribution < -0.4 is 5.73 Å². The van der Waals surface area contributed by atoms with Gasteiger partial charge in [-0.15, -0.1) is 23.7 Å². The van der Waals surface area contributed by atoms with Crippen LogP contribution in [0.3, 0.4) is 0 Å². The van der Waals surface area contributed by atoms with E-state index in [1.807, 2.05) is 0 Å². The summed E-state index contributed by atoms with van der Waals surface area (Å²) in [5, 5.41) is 0.573. The van der Waals surface area contributed by atoms with Crippen LogP contribution in [0.2, 0.25) is 0 Å². The average molecular weight is 278 g/mol. The van der Waals surface area contributed by atoms with Crippen molar-refractivity contribution in [3.05, 3.63) is 11.1 Å². The van der Waals surface area contributed by atoms with E-state index in [-0.39, 0.29) is 18.4 Å². The van der Waals surface area contributed by atoms with Gasteiger partial charge in [-0.3, -0.25) is 9.69 Å². The van der Waals surface area contributed by atoms with Crippen molar-refractivity contribution in [1.82, 2.24) is 9.88 Å². The van der Waals surface area contributed by atoms with Crippen LogP contribution in [0.15, 0.2) is 6.20 Å². The number of carbonyl (C=O) groups is 1. The van der Waals surface area contributed by atoms with Gasteiger partial charge in [-0.2, -0.15) is 0 Å². The van der Waals surface area contributed by atoms with Gasteiger partial charge in [0.2, 0.25) is 0 Å². The molecule has 0 radical (unpaired) electrons. The molecule has 0 aromatic carbocycles. The molecule has 2 N–H and O–H groups in total. The Kier molecular flexibility index (Phi) is 5.17. The molecule has 0 atom stereocenters. The number of nitrogens with zero attached hydrogens (tertiary/aromatic N) is 2. The van der Waals surface area contributed by atoms with E-state index in [0.29, 0.717) is 17.7 Å². The number of hydrogen-bond acceptors (Lipinski definition) is 6. The Balaban J connectivity index is 0.00000144. The fraction of sp³-hybridized carbons (Fsp3) is 0.600. The molecule has 17 heavy (non-hydrogen) atoms. The van der Waals surface area contributed by atoms with Crippen LogP contribution in [-0.4, -0.2) is 35.5 Å². The third kappa shape index (κ3) is 4.14. The van der Waals surface area contributed by atoms with Crippen LogP contribution in [0.1, 0.15) is 17.7 Å². The number of hydrogen-bond donors (Lipinski definition) is 1. The van der Waals surface area contributed by atoms with E-state index < -0.39 is 0 Å². The zero-order valence-corrected chi connectivity index (χ0v) is 11.2. The summed E-state index contributed by atoms with van der Waals surface area (Å²) in [6.07, 6.45) is 4.09. The van der Waals surface area contributed by atoms with Crippen LogP contribution in [0.25, 0.3) is 0 Å². The molecule has 0 aliphatic heterocycles. The molecule has 1 saturated carbocycles. The summed E-state index contributed by atoms with van der Waals surface area (Å²) in [5.41, 5.74) is 5.57. The Bertz CT molecular complexity index is 381. The lowest BCUT2D eigenvalue weighted by Gasteiger charge is -2.19. The van der Waals surface area contributed by atoms with Gasteiger partial charge in [0.1, 0.15) is 0 Å². The van der Waals surface area contributed by atoms with Crippen LogP contribution in [0.4, 0.5) is 5.13 Å². The fourth-order valence-corrected chi connectivity index (χ4v) is 2.29. The number of rotatable bonds is 5. The topological polar surface area (TPSA) is 68.5 Å². The summed E-state index contributed by atoms with van der Waals surface area (Å²) in [6, 6.07) is 0.516. The smallest absolute Gasteiger partial charge is 0.319 e. The van der Waals surface area contributed by atoms with Crippen molar-refractivity contribution < 1.29 is 9.53 Å². The zero-order chi connectivity index (χ0) is 11.5. The van der Waals surface area contributed by atoms with E-state index in [1.54, 1.807) is 6.20 Å². The van der Waals surface area contributed by atoms with Gasteiger partial charge in [-0.1, -0.05) is 0 Å². The summed E-state index contributed by atoms with van der Waals surface area (Å²) in [7, 11) is 1.41. The summed E-state index contributed by atoms with van der Waals surface area (Å²) >= 11 is 1.47. The molecule has 1 fully saturated rings. The molecule has 0 amide bonds. The monoisotopic (exact) mass is 277 g/mol. The molecule has 0 unspecified atom stereocenters. The minimum absolute atomic E-state index is 0. The Hall–Kier alpha value is -0.850. The number of ether oxygens (including phenoxy) is 1. The first-order chi connectivity index (χ1) is 7.69. The first-order valence-electron chi connectivity index (χ1n) is 5.20. The second-order valence-electron chi connectivity index (χ2n) is 3.88. The largest absolute Gasteiger partial charge is 0.468 e. The highest BCUT2D eigenvalue weighted by molar-refractivity contribution is 7.15. The van der Waals surface area contributed by atoms with Crippen LogP contribution in [0.5, 0.6) is 0 Å². The molecule has 0 bridgehead atoms. The molecule has 1 aromatic rings. The molecule has 5 nitrogen and oxygen atoms in total. The number of esters is 1. The summed E-state index contributed by atoms with van der Waals surface area (Å²) in [4.78, 5) is 18.5. The first kappa shape index (κ1) is 14.2. The van der Waals surface area contributed by atoms with Gasteiger partial charge in [0.05, 0.1) is 13.7 Å². The standard InChI is InChI=1S/C10H15N3O2S.ClH/c1-15-9(14)6-13(7-2-3-7)5-8-4-12-10(11)16-8;/h4,7H,2-3,5-6H2,1H3,(H2,11,12);1H. The maximum Gasteiger partial charge on any atom is 0.319 e. The first-order valence-corrected chi connectivity index (χ1v) is 6.01. The Morgan fingerprint density at radius 3 is 2.88 bits per heavy atom. The van der Waals surface area contributed by atoms with Crippen molar-refractivity contribution >= 4 is 34.8 Å². The lowest BCUT2D eigenvalue weighted by Crippen LogP contribution is -2.31. The van der Waals surface area contributed by atoms with Crippen molar-refractivity contribution in [3.8, 4) is 0 Å². The number of nitrogen functional groups attached to an aromatic ring is 1. The molecule has 96 valence electrons. The van der Waals surface area contributed by atoms with Crippen LogP contribution in [0, 0.1) is 0 Å². The van der Waals surface area contributed by atoms with Crippen molar-refractivity contribution in [2.24, 2.45) is 0 Å². The number of methoxy groups -OCH3 is 1. The van der Waals surface area contributed by atoms with E-state index in [0.717, 1.165) is 24.3 Å². The molecule has 1 aromatic heterocycles. The average Bonchev–Trinajstić information content (AvgIpc) is 3.02. The van der Waals surface area contributed by atoms with E-state index in [4.69, 9.17) is 5.73 Å². The normalized spacial score (nSPS) is 14.5. The highest BCUT2D eigenvalue weighted by Crippen LogP contribution is 2.29. The maximum atomic E-state index is 11.2. The zero-order valence-electron chi connectivity index (χ0n) is 9.59. The van der Waals surface area contributed by atoms with Crippen LogP contribution in [-0.2, 0) is 16.1 Å². The highest BCUT2D eigenvalue weighted by Gasteiger charge is 2.30. The van der Waals surface area contributed by atoms with Gasteiger partial charge in [0.25, 0.3) is 0 Å². The molecule has 0 saturated heterocycles. The lowest BCUT2D eigenvalue weighted by atomic mass is 10.4. The summed E-state index contributed by atoms with van der Waals surface area (Å²) < 4.78 is 4.68. The number of anilines is 1. The van der Waals surface area contributed by atoms with Crippen molar-refractivity contribution in [3.63, 3.8) is 0 Å². The second-order valence-corrected chi connectivity index (χ2v) is 5.02. The van der Waals surface area contributed by atoms with Gasteiger partial charge in [-0.05, 0) is 12.8 Å². The second kappa shape index (κ2) is 6.18. The fourth-order valence-electron chi connectivity index (χ4n) is 1.58. The maximum absolute atomic E-state index is 11.2. The molecule has 7 heteroatoms. The summed E-state index contributed by atoms with van der Waals surface area (Å²) in [6.45, 7) is 1.08. The van der Waals surface area contributed by atoms with Crippen molar-refractivity contribution in [2.75, 3.05) is 19.4 Å². The predicted octanol–water partition coefficient (Wildman–Crippen LogP) is 1.28. The van der Waals surface area contributed by atoms with Gasteiger partial charge in [0.15, 0.2) is 5.13 Å². The van der Waals surface area contributed by atoms with E-state index >= 15 is 0 Å². The van der Waals surface area contributed by atoms with Gasteiger partial charge in [-0.25, -0.2) is 4.98 Å². The van der Waals surface area contributed by atoms with Crippen molar-refractivity contribution in [2.45, 2.75) is 25.4 Å². The SMILES string of the molecule is COC(=O)CN(Cc1cnc(N)s1)C1CC1.Cl.